The topological polar surface area (TPSA) is 51.6 Å². The zero-order valence-electron chi connectivity index (χ0n) is 20.5. The molecule has 0 fully saturated rings. The maximum atomic E-state index is 4.76. The van der Waals surface area contributed by atoms with E-state index in [0.717, 1.165) is 44.6 Å². The Morgan fingerprint density at radius 2 is 0.579 bits per heavy atom. The van der Waals surface area contributed by atoms with Crippen molar-refractivity contribution < 1.29 is 0 Å². The quantitative estimate of drug-likeness (QED) is 0.251. The maximum absolute atomic E-state index is 4.76. The fourth-order valence-corrected chi connectivity index (χ4v) is 4.71. The van der Waals surface area contributed by atoms with Crippen LogP contribution in [0.1, 0.15) is 0 Å². The van der Waals surface area contributed by atoms with E-state index in [0.29, 0.717) is 0 Å². The maximum Gasteiger partial charge on any atom is 0.0894 e. The van der Waals surface area contributed by atoms with E-state index in [-0.39, 0.29) is 0 Å². The molecule has 0 amide bonds. The highest BCUT2D eigenvalue weighted by atomic mass is 14.8. The Morgan fingerprint density at radius 3 is 0.921 bits per heavy atom. The number of fused-ring (bicyclic) bond motifs is 2. The fourth-order valence-electron chi connectivity index (χ4n) is 4.71. The van der Waals surface area contributed by atoms with Crippen molar-refractivity contribution in [3.05, 3.63) is 134 Å². The summed E-state index contributed by atoms with van der Waals surface area (Å²) in [5.74, 6) is 0. The first-order chi connectivity index (χ1) is 18.8. The molecule has 4 nitrogen and oxygen atoms in total. The van der Waals surface area contributed by atoms with Gasteiger partial charge in [-0.3, -0.25) is 9.97 Å². The minimum atomic E-state index is 0.878. The molecule has 7 rings (SSSR count). The molecule has 2 aromatic heterocycles. The lowest BCUT2D eigenvalue weighted by atomic mass is 9.98. The first-order valence-corrected chi connectivity index (χ1v) is 12.6. The Bertz CT molecular complexity index is 1750. The fraction of sp³-hybridized carbons (Fsp3) is 0. The van der Waals surface area contributed by atoms with E-state index in [4.69, 9.17) is 9.97 Å². The van der Waals surface area contributed by atoms with E-state index < -0.39 is 0 Å². The van der Waals surface area contributed by atoms with Gasteiger partial charge in [-0.25, -0.2) is 9.97 Å². The van der Waals surface area contributed by atoms with Crippen molar-refractivity contribution in [2.45, 2.75) is 0 Å². The molecule has 7 aromatic rings. The van der Waals surface area contributed by atoms with Gasteiger partial charge in [-0.2, -0.15) is 0 Å². The number of para-hydroxylation sites is 4. The molecule has 2 heterocycles. The molecule has 0 unspecified atom stereocenters. The van der Waals surface area contributed by atoms with Crippen LogP contribution in [0, 0.1) is 0 Å². The van der Waals surface area contributed by atoms with Gasteiger partial charge in [0.05, 0.1) is 45.8 Å². The lowest BCUT2D eigenvalue weighted by Crippen LogP contribution is -1.89. The number of rotatable bonds is 4. The molecule has 0 N–H and O–H groups in total. The third-order valence-corrected chi connectivity index (χ3v) is 6.81. The van der Waals surface area contributed by atoms with Crippen LogP contribution in [0.3, 0.4) is 0 Å². The largest absolute Gasteiger partial charge is 0.252 e. The highest BCUT2D eigenvalue weighted by Crippen LogP contribution is 2.29. The average molecular weight is 487 g/mol. The third kappa shape index (κ3) is 4.18. The molecule has 5 aromatic carbocycles. The smallest absolute Gasteiger partial charge is 0.0894 e. The van der Waals surface area contributed by atoms with Gasteiger partial charge in [-0.15, -0.1) is 0 Å². The van der Waals surface area contributed by atoms with Crippen LogP contribution in [0.25, 0.3) is 66.8 Å². The zero-order chi connectivity index (χ0) is 25.3. The van der Waals surface area contributed by atoms with Gasteiger partial charge in [-0.1, -0.05) is 97.1 Å². The van der Waals surface area contributed by atoms with E-state index in [9.17, 15) is 0 Å². The van der Waals surface area contributed by atoms with Crippen molar-refractivity contribution in [2.24, 2.45) is 0 Å². The molecular weight excluding hydrogens is 464 g/mol. The molecule has 0 saturated carbocycles. The predicted octanol–water partition coefficient (Wildman–Crippen LogP) is 8.24. The lowest BCUT2D eigenvalue weighted by molar-refractivity contribution is 1.29. The SMILES string of the molecule is c1ccc2nc(-c3ccc(-c4ccc(-c5ccc(-c6cnc7ccccc7n6)cc5)cc4)cc3)cnc2c1. The van der Waals surface area contributed by atoms with Gasteiger partial charge in [0, 0.05) is 11.1 Å². The van der Waals surface area contributed by atoms with Crippen molar-refractivity contribution in [2.75, 3.05) is 0 Å². The molecule has 4 heteroatoms. The molecule has 0 aliphatic heterocycles. The lowest BCUT2D eigenvalue weighted by Gasteiger charge is -2.08. The molecule has 0 atom stereocenters. The van der Waals surface area contributed by atoms with Crippen LogP contribution in [0.5, 0.6) is 0 Å². The van der Waals surface area contributed by atoms with Gasteiger partial charge in [0.15, 0.2) is 0 Å². The normalized spacial score (nSPS) is 11.2. The highest BCUT2D eigenvalue weighted by molar-refractivity contribution is 5.79. The van der Waals surface area contributed by atoms with Crippen LogP contribution in [-0.4, -0.2) is 19.9 Å². The number of hydrogen-bond donors (Lipinski definition) is 0. The highest BCUT2D eigenvalue weighted by Gasteiger charge is 2.06. The van der Waals surface area contributed by atoms with Gasteiger partial charge in [0.2, 0.25) is 0 Å². The first kappa shape index (κ1) is 22.0. The van der Waals surface area contributed by atoms with Gasteiger partial charge >= 0.3 is 0 Å². The van der Waals surface area contributed by atoms with E-state index in [1.807, 2.05) is 60.9 Å². The van der Waals surface area contributed by atoms with Crippen LogP contribution in [0.15, 0.2) is 134 Å². The third-order valence-electron chi connectivity index (χ3n) is 6.81. The van der Waals surface area contributed by atoms with E-state index in [1.165, 1.54) is 22.3 Å². The Hall–Kier alpha value is -5.22. The zero-order valence-corrected chi connectivity index (χ0v) is 20.5. The monoisotopic (exact) mass is 486 g/mol. The van der Waals surface area contributed by atoms with Crippen molar-refractivity contribution >= 4 is 22.1 Å². The molecule has 0 aliphatic rings. The molecule has 0 saturated heterocycles. The second-order valence-corrected chi connectivity index (χ2v) is 9.22. The molecule has 178 valence electrons. The molecule has 38 heavy (non-hydrogen) atoms. The molecule has 0 bridgehead atoms. The van der Waals surface area contributed by atoms with Gasteiger partial charge in [-0.05, 0) is 46.5 Å². The van der Waals surface area contributed by atoms with Crippen LogP contribution >= 0.6 is 0 Å². The summed E-state index contributed by atoms with van der Waals surface area (Å²) in [5, 5.41) is 0. The summed E-state index contributed by atoms with van der Waals surface area (Å²) in [5.41, 5.74) is 12.2. The Morgan fingerprint density at radius 1 is 0.289 bits per heavy atom. The summed E-state index contributed by atoms with van der Waals surface area (Å²) < 4.78 is 0. The minimum Gasteiger partial charge on any atom is -0.252 e. The molecular formula is C34H22N4. The van der Waals surface area contributed by atoms with Gasteiger partial charge in [0.25, 0.3) is 0 Å². The number of nitrogens with zero attached hydrogens (tertiary/aromatic N) is 4. The molecule has 0 radical (unpaired) electrons. The van der Waals surface area contributed by atoms with Crippen molar-refractivity contribution in [3.8, 4) is 44.8 Å². The van der Waals surface area contributed by atoms with Gasteiger partial charge in [0.1, 0.15) is 0 Å². The summed E-state index contributed by atoms with van der Waals surface area (Å²) in [4.78, 5) is 18.6. The Labute approximate surface area is 220 Å². The van der Waals surface area contributed by atoms with Crippen LogP contribution in [-0.2, 0) is 0 Å². The summed E-state index contributed by atoms with van der Waals surface area (Å²) in [7, 11) is 0. The molecule has 0 spiro atoms. The predicted molar refractivity (Wildman–Crippen MR) is 154 cm³/mol. The van der Waals surface area contributed by atoms with Crippen LogP contribution in [0.4, 0.5) is 0 Å². The standard InChI is InChI=1S/C34H22N4/c1-3-7-31-29(5-1)35-21-33(37-31)27-17-13-25(14-18-27)23-9-11-24(12-10-23)26-15-19-28(20-16-26)34-22-36-30-6-2-4-8-32(30)38-34/h1-22H. The Balaban J connectivity index is 1.10. The van der Waals surface area contributed by atoms with Crippen molar-refractivity contribution in [1.82, 2.24) is 19.9 Å². The summed E-state index contributed by atoms with van der Waals surface area (Å²) in [6, 6.07) is 41.5. The number of aromatic nitrogens is 4. The van der Waals surface area contributed by atoms with E-state index in [2.05, 4.69) is 82.8 Å². The van der Waals surface area contributed by atoms with E-state index in [1.54, 1.807) is 0 Å². The number of hydrogen-bond acceptors (Lipinski definition) is 4. The molecule has 0 aliphatic carbocycles. The van der Waals surface area contributed by atoms with Crippen molar-refractivity contribution in [1.29, 1.82) is 0 Å². The average Bonchev–Trinajstić information content (AvgIpc) is 3.01. The summed E-state index contributed by atoms with van der Waals surface area (Å²) in [6.45, 7) is 0. The van der Waals surface area contributed by atoms with Crippen LogP contribution < -0.4 is 0 Å². The van der Waals surface area contributed by atoms with Crippen LogP contribution in [0.2, 0.25) is 0 Å². The second-order valence-electron chi connectivity index (χ2n) is 9.22. The summed E-state index contributed by atoms with van der Waals surface area (Å²) in [6.07, 6.45) is 3.67. The summed E-state index contributed by atoms with van der Waals surface area (Å²) >= 11 is 0. The van der Waals surface area contributed by atoms with E-state index >= 15 is 0 Å². The number of benzene rings is 5. The van der Waals surface area contributed by atoms with Gasteiger partial charge < -0.3 is 0 Å². The second kappa shape index (κ2) is 9.34. The minimum absolute atomic E-state index is 0.878. The Kier molecular flexibility index (Phi) is 5.41. The van der Waals surface area contributed by atoms with Crippen molar-refractivity contribution in [3.63, 3.8) is 0 Å². The first-order valence-electron chi connectivity index (χ1n) is 12.6.